The lowest BCUT2D eigenvalue weighted by Crippen LogP contribution is -2.47. The van der Waals surface area contributed by atoms with Crippen LogP contribution >= 0.6 is 23.1 Å². The molecule has 2 aromatic heterocycles. The summed E-state index contributed by atoms with van der Waals surface area (Å²) in [7, 11) is 0. The molecule has 1 saturated heterocycles. The lowest BCUT2D eigenvalue weighted by Gasteiger charge is -2.35. The molecule has 1 N–H and O–H groups in total. The summed E-state index contributed by atoms with van der Waals surface area (Å²) in [4.78, 5) is 16.1. The summed E-state index contributed by atoms with van der Waals surface area (Å²) in [5, 5.41) is 10.5. The largest absolute Gasteiger partial charge is 0.395 e. The Morgan fingerprint density at radius 3 is 2.64 bits per heavy atom. The molecular weight excluding hydrogens is 392 g/mol. The minimum absolute atomic E-state index is 0.118. The van der Waals surface area contributed by atoms with Gasteiger partial charge in [0.15, 0.2) is 11.0 Å². The van der Waals surface area contributed by atoms with Gasteiger partial charge in [-0.1, -0.05) is 25.6 Å². The molecule has 0 amide bonds. The van der Waals surface area contributed by atoms with E-state index in [9.17, 15) is 5.11 Å². The van der Waals surface area contributed by atoms with E-state index >= 15 is 0 Å². The highest BCUT2D eigenvalue weighted by Crippen LogP contribution is 2.42. The highest BCUT2D eigenvalue weighted by Gasteiger charge is 2.32. The number of aliphatic hydroxyl groups excluding tert-OH is 1. The first-order valence-electron chi connectivity index (χ1n) is 10.1. The zero-order valence-electron chi connectivity index (χ0n) is 17.2. The van der Waals surface area contributed by atoms with E-state index < -0.39 is 0 Å². The van der Waals surface area contributed by atoms with E-state index in [1.54, 1.807) is 11.8 Å². The third-order valence-electron chi connectivity index (χ3n) is 5.30. The van der Waals surface area contributed by atoms with Crippen LogP contribution in [0.5, 0.6) is 0 Å². The Balaban J connectivity index is 1.73. The van der Waals surface area contributed by atoms with Gasteiger partial charge in [-0.3, -0.25) is 4.90 Å². The van der Waals surface area contributed by atoms with Gasteiger partial charge in [-0.25, -0.2) is 9.97 Å². The van der Waals surface area contributed by atoms with Crippen LogP contribution in [0.2, 0.25) is 0 Å². The lowest BCUT2D eigenvalue weighted by molar-refractivity contribution is -0.0383. The molecule has 0 bridgehead atoms. The molecule has 0 atom stereocenters. The second-order valence-electron chi connectivity index (χ2n) is 8.46. The van der Waals surface area contributed by atoms with Gasteiger partial charge in [-0.2, -0.15) is 0 Å². The molecule has 6 nitrogen and oxygen atoms in total. The van der Waals surface area contributed by atoms with Gasteiger partial charge in [0.25, 0.3) is 0 Å². The Labute approximate surface area is 175 Å². The quantitative estimate of drug-likeness (QED) is 0.587. The summed E-state index contributed by atoms with van der Waals surface area (Å²) in [5.74, 6) is 1.08. The number of thiophene rings is 1. The van der Waals surface area contributed by atoms with E-state index in [-0.39, 0.29) is 12.2 Å². The number of aliphatic hydroxyl groups is 1. The van der Waals surface area contributed by atoms with Crippen molar-refractivity contribution in [3.8, 4) is 0 Å². The molecule has 28 heavy (non-hydrogen) atoms. The van der Waals surface area contributed by atoms with Crippen molar-refractivity contribution in [3.05, 3.63) is 10.4 Å². The number of thioether (sulfide) groups is 1. The average Bonchev–Trinajstić information content (AvgIpc) is 2.97. The van der Waals surface area contributed by atoms with Gasteiger partial charge in [0.1, 0.15) is 0 Å². The van der Waals surface area contributed by atoms with E-state index in [1.165, 1.54) is 15.1 Å². The third kappa shape index (κ3) is 4.16. The number of piperazine rings is 1. The first-order chi connectivity index (χ1) is 13.4. The SMILES string of the molecule is CC(C)Sc1nc(N2CCN(CCO)CC2)c2sc3c(c2n1)COC(C)(C)C3. The smallest absolute Gasteiger partial charge is 0.190 e. The Morgan fingerprint density at radius 1 is 1.21 bits per heavy atom. The fourth-order valence-electron chi connectivity index (χ4n) is 3.83. The molecule has 2 aliphatic heterocycles. The predicted molar refractivity (Wildman–Crippen MR) is 117 cm³/mol. The third-order valence-corrected chi connectivity index (χ3v) is 7.38. The second kappa shape index (κ2) is 8.07. The summed E-state index contributed by atoms with van der Waals surface area (Å²) in [6.07, 6.45) is 0.930. The minimum Gasteiger partial charge on any atom is -0.395 e. The molecule has 2 aromatic rings. The normalized spacial score (nSPS) is 20.1. The van der Waals surface area contributed by atoms with Crippen LogP contribution in [0.15, 0.2) is 5.16 Å². The fraction of sp³-hybridized carbons (Fsp3) is 0.700. The zero-order valence-corrected chi connectivity index (χ0v) is 18.8. The number of nitrogens with zero attached hydrogens (tertiary/aromatic N) is 4. The number of rotatable bonds is 5. The molecule has 0 spiro atoms. The maximum Gasteiger partial charge on any atom is 0.190 e. The van der Waals surface area contributed by atoms with Gasteiger partial charge in [-0.15, -0.1) is 11.3 Å². The lowest BCUT2D eigenvalue weighted by atomic mass is 9.98. The van der Waals surface area contributed by atoms with E-state index in [2.05, 4.69) is 37.5 Å². The van der Waals surface area contributed by atoms with Crippen molar-refractivity contribution in [2.75, 3.05) is 44.2 Å². The standard InChI is InChI=1S/C20H30N4O2S2/c1-13(2)27-19-21-16-14-12-26-20(3,4)11-15(14)28-17(16)18(22-19)24-7-5-23(6-8-24)9-10-25/h13,25H,5-12H2,1-4H3. The molecule has 2 aliphatic rings. The van der Waals surface area contributed by atoms with Gasteiger partial charge in [-0.05, 0) is 13.8 Å². The van der Waals surface area contributed by atoms with Crippen molar-refractivity contribution in [2.45, 2.75) is 56.7 Å². The Kier molecular flexibility index (Phi) is 5.86. The van der Waals surface area contributed by atoms with Crippen LogP contribution in [0.4, 0.5) is 5.82 Å². The van der Waals surface area contributed by atoms with Gasteiger partial charge in [0.2, 0.25) is 0 Å². The number of anilines is 1. The van der Waals surface area contributed by atoms with Gasteiger partial charge < -0.3 is 14.7 Å². The van der Waals surface area contributed by atoms with Crippen molar-refractivity contribution in [3.63, 3.8) is 0 Å². The number of fused-ring (bicyclic) bond motifs is 3. The van der Waals surface area contributed by atoms with Crippen molar-refractivity contribution in [2.24, 2.45) is 0 Å². The Hall–Kier alpha value is -0.930. The van der Waals surface area contributed by atoms with Crippen LogP contribution in [0, 0.1) is 0 Å². The van der Waals surface area contributed by atoms with E-state index in [4.69, 9.17) is 14.7 Å². The number of ether oxygens (including phenoxy) is 1. The van der Waals surface area contributed by atoms with Crippen LogP contribution in [0.1, 0.15) is 38.1 Å². The van der Waals surface area contributed by atoms with Crippen molar-refractivity contribution >= 4 is 39.1 Å². The van der Waals surface area contributed by atoms with Crippen LogP contribution in [0.25, 0.3) is 10.2 Å². The molecule has 154 valence electrons. The van der Waals surface area contributed by atoms with Gasteiger partial charge in [0, 0.05) is 54.8 Å². The highest BCUT2D eigenvalue weighted by molar-refractivity contribution is 7.99. The fourth-order valence-corrected chi connectivity index (χ4v) is 6.01. The monoisotopic (exact) mass is 422 g/mol. The van der Waals surface area contributed by atoms with E-state index in [0.717, 1.165) is 55.6 Å². The van der Waals surface area contributed by atoms with Crippen LogP contribution in [-0.2, 0) is 17.8 Å². The minimum atomic E-state index is -0.118. The molecule has 0 aliphatic carbocycles. The maximum atomic E-state index is 9.21. The maximum absolute atomic E-state index is 9.21. The Morgan fingerprint density at radius 2 is 1.96 bits per heavy atom. The average molecular weight is 423 g/mol. The number of hydrogen-bond donors (Lipinski definition) is 1. The Bertz CT molecular complexity index is 844. The highest BCUT2D eigenvalue weighted by atomic mass is 32.2. The summed E-state index contributed by atoms with van der Waals surface area (Å²) >= 11 is 3.58. The molecule has 4 heterocycles. The van der Waals surface area contributed by atoms with Crippen LogP contribution in [0.3, 0.4) is 0 Å². The van der Waals surface area contributed by atoms with Crippen molar-refractivity contribution < 1.29 is 9.84 Å². The summed E-state index contributed by atoms with van der Waals surface area (Å²) < 4.78 is 7.30. The number of aromatic nitrogens is 2. The zero-order chi connectivity index (χ0) is 19.9. The molecule has 8 heteroatoms. The molecule has 0 saturated carbocycles. The first kappa shape index (κ1) is 20.3. The predicted octanol–water partition coefficient (Wildman–Crippen LogP) is 3.16. The molecule has 0 radical (unpaired) electrons. The molecule has 0 aromatic carbocycles. The van der Waals surface area contributed by atoms with Crippen molar-refractivity contribution in [1.82, 2.24) is 14.9 Å². The molecule has 0 unspecified atom stereocenters. The van der Waals surface area contributed by atoms with E-state index in [1.807, 2.05) is 11.3 Å². The van der Waals surface area contributed by atoms with E-state index in [0.29, 0.717) is 11.9 Å². The van der Waals surface area contributed by atoms with Gasteiger partial charge in [0.05, 0.1) is 29.0 Å². The summed E-state index contributed by atoms with van der Waals surface area (Å²) in [6.45, 7) is 14.1. The summed E-state index contributed by atoms with van der Waals surface area (Å²) in [5.41, 5.74) is 2.22. The second-order valence-corrected chi connectivity index (χ2v) is 11.1. The number of hydrogen-bond acceptors (Lipinski definition) is 8. The summed E-state index contributed by atoms with van der Waals surface area (Å²) in [6, 6.07) is 0. The van der Waals surface area contributed by atoms with Gasteiger partial charge >= 0.3 is 0 Å². The van der Waals surface area contributed by atoms with Crippen LogP contribution < -0.4 is 4.90 Å². The molecular formula is C20H30N4O2S2. The van der Waals surface area contributed by atoms with Crippen molar-refractivity contribution in [1.29, 1.82) is 0 Å². The first-order valence-corrected chi connectivity index (χ1v) is 11.8. The molecule has 1 fully saturated rings. The van der Waals surface area contributed by atoms with Crippen LogP contribution in [-0.4, -0.2) is 70.2 Å². The molecule has 4 rings (SSSR count). The topological polar surface area (TPSA) is 61.7 Å². The number of β-amino-alcohol motifs (C(OH)–C–C–N with tert-alkyl or cyclic N) is 1.